The van der Waals surface area contributed by atoms with Crippen molar-refractivity contribution in [1.29, 1.82) is 0 Å². The number of rotatable bonds is 5. The number of aromatic nitrogens is 1. The molecule has 0 saturated carbocycles. The van der Waals surface area contributed by atoms with Crippen molar-refractivity contribution >= 4 is 22.9 Å². The number of amides is 1. The van der Waals surface area contributed by atoms with Gasteiger partial charge in [-0.3, -0.25) is 14.9 Å². The highest BCUT2D eigenvalue weighted by molar-refractivity contribution is 7.13. The van der Waals surface area contributed by atoms with Crippen molar-refractivity contribution in [2.24, 2.45) is 5.92 Å². The molecule has 0 bridgehead atoms. The average molecular weight is 346 g/mol. The first-order chi connectivity index (χ1) is 11.6. The zero-order valence-corrected chi connectivity index (χ0v) is 14.1. The van der Waals surface area contributed by atoms with Gasteiger partial charge in [0.25, 0.3) is 11.6 Å². The van der Waals surface area contributed by atoms with Crippen LogP contribution in [-0.2, 0) is 0 Å². The highest BCUT2D eigenvalue weighted by atomic mass is 32.1. The summed E-state index contributed by atoms with van der Waals surface area (Å²) in [5, 5.41) is 16.4. The van der Waals surface area contributed by atoms with Crippen LogP contribution < -0.4 is 5.32 Å². The van der Waals surface area contributed by atoms with E-state index in [1.807, 2.05) is 11.9 Å². The molecular weight excluding hydrogens is 328 g/mol. The number of benzene rings is 1. The number of hydrogen-bond donors (Lipinski definition) is 1. The molecule has 0 aliphatic carbocycles. The Kier molecular flexibility index (Phi) is 4.86. The van der Waals surface area contributed by atoms with Gasteiger partial charge in [-0.15, -0.1) is 11.3 Å². The lowest BCUT2D eigenvalue weighted by molar-refractivity contribution is -0.384. The van der Waals surface area contributed by atoms with Crippen molar-refractivity contribution in [3.63, 3.8) is 0 Å². The summed E-state index contributed by atoms with van der Waals surface area (Å²) in [6, 6.07) is 6.30. The Morgan fingerprint density at radius 3 is 3.12 bits per heavy atom. The van der Waals surface area contributed by atoms with Crippen LogP contribution in [0.1, 0.15) is 16.9 Å². The predicted molar refractivity (Wildman–Crippen MR) is 92.1 cm³/mol. The third-order valence-electron chi connectivity index (χ3n) is 4.09. The van der Waals surface area contributed by atoms with Crippen molar-refractivity contribution in [2.75, 3.05) is 26.7 Å². The lowest BCUT2D eigenvalue weighted by atomic mass is 10.1. The van der Waals surface area contributed by atoms with Crippen molar-refractivity contribution in [3.8, 4) is 10.6 Å². The van der Waals surface area contributed by atoms with E-state index in [0.29, 0.717) is 22.2 Å². The second-order valence-corrected chi connectivity index (χ2v) is 6.67. The summed E-state index contributed by atoms with van der Waals surface area (Å²) >= 11 is 1.33. The van der Waals surface area contributed by atoms with Gasteiger partial charge >= 0.3 is 0 Å². The third-order valence-corrected chi connectivity index (χ3v) is 4.98. The Hall–Kier alpha value is -2.32. The number of likely N-dealkylation sites (tertiary alicyclic amines) is 1. The molecule has 8 heteroatoms. The minimum Gasteiger partial charge on any atom is -0.337 e. The normalized spacial score (nSPS) is 17.2. The van der Waals surface area contributed by atoms with Crippen molar-refractivity contribution in [3.05, 3.63) is 45.5 Å². The Labute approximate surface area is 143 Å². The Morgan fingerprint density at radius 2 is 2.38 bits per heavy atom. The molecule has 0 spiro atoms. The van der Waals surface area contributed by atoms with Gasteiger partial charge in [-0.25, -0.2) is 4.98 Å². The molecule has 2 aromatic rings. The van der Waals surface area contributed by atoms with Gasteiger partial charge in [-0.05, 0) is 25.9 Å². The quantitative estimate of drug-likeness (QED) is 0.663. The molecule has 7 nitrogen and oxygen atoms in total. The van der Waals surface area contributed by atoms with E-state index in [9.17, 15) is 14.9 Å². The minimum atomic E-state index is -0.435. The summed E-state index contributed by atoms with van der Waals surface area (Å²) in [6.07, 6.45) is 0.994. The maximum atomic E-state index is 12.6. The van der Waals surface area contributed by atoms with Gasteiger partial charge in [0.1, 0.15) is 10.7 Å². The lowest BCUT2D eigenvalue weighted by Gasteiger charge is -2.15. The Balaban J connectivity index is 1.75. The molecule has 1 unspecified atom stereocenters. The van der Waals surface area contributed by atoms with Crippen LogP contribution in [0.5, 0.6) is 0 Å². The lowest BCUT2D eigenvalue weighted by Crippen LogP contribution is -2.30. The number of non-ortho nitro benzene ring substituents is 1. The maximum Gasteiger partial charge on any atom is 0.273 e. The van der Waals surface area contributed by atoms with Crippen LogP contribution >= 0.6 is 11.3 Å². The van der Waals surface area contributed by atoms with Gasteiger partial charge in [0, 0.05) is 36.2 Å². The van der Waals surface area contributed by atoms with Crippen LogP contribution in [0.4, 0.5) is 5.69 Å². The average Bonchev–Trinajstić information content (AvgIpc) is 3.24. The van der Waals surface area contributed by atoms with Gasteiger partial charge in [-0.2, -0.15) is 0 Å². The van der Waals surface area contributed by atoms with Crippen molar-refractivity contribution in [2.45, 2.75) is 6.42 Å². The summed E-state index contributed by atoms with van der Waals surface area (Å²) in [5.74, 6) is 0.412. The molecule has 1 amide bonds. The summed E-state index contributed by atoms with van der Waals surface area (Å²) < 4.78 is 0. The molecule has 1 N–H and O–H groups in total. The maximum absolute atomic E-state index is 12.6. The van der Waals surface area contributed by atoms with E-state index >= 15 is 0 Å². The molecular formula is C16H18N4O3S. The molecule has 1 aromatic heterocycles. The first-order valence-corrected chi connectivity index (χ1v) is 8.60. The second kappa shape index (κ2) is 7.06. The number of nitrogens with one attached hydrogen (secondary N) is 1. The highest BCUT2D eigenvalue weighted by Gasteiger charge is 2.27. The van der Waals surface area contributed by atoms with E-state index < -0.39 is 4.92 Å². The van der Waals surface area contributed by atoms with E-state index in [4.69, 9.17) is 0 Å². The van der Waals surface area contributed by atoms with Crippen LogP contribution in [0, 0.1) is 16.0 Å². The molecule has 126 valence electrons. The molecule has 1 atom stereocenters. The minimum absolute atomic E-state index is 0.0185. The number of nitro benzene ring substituents is 1. The van der Waals surface area contributed by atoms with Gasteiger partial charge < -0.3 is 10.2 Å². The summed E-state index contributed by atoms with van der Waals surface area (Å²) in [4.78, 5) is 29.2. The van der Waals surface area contributed by atoms with E-state index in [1.54, 1.807) is 17.5 Å². The first kappa shape index (κ1) is 16.5. The summed E-state index contributed by atoms with van der Waals surface area (Å²) in [6.45, 7) is 2.39. The third kappa shape index (κ3) is 3.44. The number of carbonyl (C=O) groups excluding carboxylic acids is 1. The van der Waals surface area contributed by atoms with Crippen LogP contribution in [0.25, 0.3) is 10.6 Å². The zero-order chi connectivity index (χ0) is 17.1. The highest BCUT2D eigenvalue weighted by Crippen LogP contribution is 2.28. The smallest absolute Gasteiger partial charge is 0.273 e. The predicted octanol–water partition coefficient (Wildman–Crippen LogP) is 2.40. The number of nitrogens with zero attached hydrogens (tertiary/aromatic N) is 3. The van der Waals surface area contributed by atoms with Crippen molar-refractivity contribution in [1.82, 2.24) is 15.2 Å². The number of thiazole rings is 1. The molecule has 1 aliphatic rings. The van der Waals surface area contributed by atoms with E-state index in [0.717, 1.165) is 26.1 Å². The van der Waals surface area contributed by atoms with Crippen molar-refractivity contribution < 1.29 is 9.72 Å². The van der Waals surface area contributed by atoms with Crippen LogP contribution in [0.15, 0.2) is 29.6 Å². The first-order valence-electron chi connectivity index (χ1n) is 7.72. The van der Waals surface area contributed by atoms with Crippen LogP contribution in [0.3, 0.4) is 0 Å². The van der Waals surface area contributed by atoms with Gasteiger partial charge in [0.05, 0.1) is 4.92 Å². The van der Waals surface area contributed by atoms with E-state index in [-0.39, 0.29) is 11.6 Å². The molecule has 2 heterocycles. The van der Waals surface area contributed by atoms with Crippen LogP contribution in [0.2, 0.25) is 0 Å². The second-order valence-electron chi connectivity index (χ2n) is 5.81. The Bertz CT molecular complexity index is 761. The molecule has 0 radical (unpaired) electrons. The Morgan fingerprint density at radius 1 is 1.54 bits per heavy atom. The van der Waals surface area contributed by atoms with Gasteiger partial charge in [0.2, 0.25) is 0 Å². The SMILES string of the molecule is CNCC1CCN(C(=O)c2csc(-c3cccc([N+](=O)[O-])c3)n2)C1. The number of carbonyl (C=O) groups is 1. The molecule has 3 rings (SSSR count). The molecule has 1 aromatic carbocycles. The zero-order valence-electron chi connectivity index (χ0n) is 13.3. The van der Waals surface area contributed by atoms with E-state index in [1.165, 1.54) is 23.5 Å². The van der Waals surface area contributed by atoms with Crippen LogP contribution in [-0.4, -0.2) is 47.4 Å². The fraction of sp³-hybridized carbons (Fsp3) is 0.375. The topological polar surface area (TPSA) is 88.4 Å². The monoisotopic (exact) mass is 346 g/mol. The van der Waals surface area contributed by atoms with Gasteiger partial charge in [-0.1, -0.05) is 12.1 Å². The number of hydrogen-bond acceptors (Lipinski definition) is 6. The standard InChI is InChI=1S/C16H18N4O3S/c1-17-8-11-5-6-19(9-11)16(21)14-10-24-15(18-14)12-3-2-4-13(7-12)20(22)23/h2-4,7,10-11,17H,5-6,8-9H2,1H3. The summed E-state index contributed by atoms with van der Waals surface area (Å²) in [7, 11) is 1.91. The fourth-order valence-corrected chi connectivity index (χ4v) is 3.68. The molecule has 24 heavy (non-hydrogen) atoms. The number of nitro groups is 1. The molecule has 1 fully saturated rings. The summed E-state index contributed by atoms with van der Waals surface area (Å²) in [5.41, 5.74) is 1.08. The largest absolute Gasteiger partial charge is 0.337 e. The van der Waals surface area contributed by atoms with E-state index in [2.05, 4.69) is 10.3 Å². The fourth-order valence-electron chi connectivity index (χ4n) is 2.89. The molecule has 1 aliphatic heterocycles. The van der Waals surface area contributed by atoms with Gasteiger partial charge in [0.15, 0.2) is 0 Å². The molecule has 1 saturated heterocycles.